The Hall–Kier alpha value is -1.72. The number of likely N-dealkylation sites (tertiary alicyclic amines) is 1. The summed E-state index contributed by atoms with van der Waals surface area (Å²) in [6.07, 6.45) is 5.28. The Labute approximate surface area is 156 Å². The number of nitrogens with zero attached hydrogens (tertiary/aromatic N) is 1. The topological polar surface area (TPSA) is 61.4 Å². The molecule has 1 aromatic rings. The first kappa shape index (κ1) is 16.5. The molecular weight excluding hydrogens is 326 g/mol. The summed E-state index contributed by atoms with van der Waals surface area (Å²) in [5.74, 6) is -0.154. The van der Waals surface area contributed by atoms with Crippen LogP contribution in [0.5, 0.6) is 0 Å². The van der Waals surface area contributed by atoms with E-state index in [0.717, 1.165) is 50.9 Å². The summed E-state index contributed by atoms with van der Waals surface area (Å²) in [5.41, 5.74) is 2.26. The lowest BCUT2D eigenvalue weighted by Gasteiger charge is -2.39. The molecule has 3 atom stereocenters. The number of carbonyl (C=O) groups is 2. The van der Waals surface area contributed by atoms with E-state index >= 15 is 0 Å². The first-order valence-corrected chi connectivity index (χ1v) is 9.94. The van der Waals surface area contributed by atoms with Crippen LogP contribution in [0.15, 0.2) is 24.3 Å². The van der Waals surface area contributed by atoms with Gasteiger partial charge in [-0.15, -0.1) is 0 Å². The van der Waals surface area contributed by atoms with E-state index in [9.17, 15) is 9.59 Å². The third kappa shape index (κ3) is 3.84. The summed E-state index contributed by atoms with van der Waals surface area (Å²) < 4.78 is 8.61. The number of carbonyl (C=O) groups excluding carboxylic acids is 2. The second-order valence-corrected chi connectivity index (χ2v) is 7.79. The summed E-state index contributed by atoms with van der Waals surface area (Å²) in [7, 11) is 0. The highest BCUT2D eigenvalue weighted by Gasteiger charge is 2.29. The van der Waals surface area contributed by atoms with Gasteiger partial charge in [0.2, 0.25) is 11.8 Å². The van der Waals surface area contributed by atoms with Gasteiger partial charge in [-0.2, -0.15) is 0 Å². The third-order valence-electron chi connectivity index (χ3n) is 6.19. The normalized spacial score (nSPS) is 32.2. The molecule has 3 aliphatic heterocycles. The fourth-order valence-corrected chi connectivity index (χ4v) is 4.56. The maximum absolute atomic E-state index is 12.1. The average Bonchev–Trinajstić information content (AvgIpc) is 2.69. The lowest BCUT2D eigenvalue weighted by molar-refractivity contribution is -0.134. The minimum Gasteiger partial charge on any atom is -0.317 e. The maximum atomic E-state index is 12.1. The van der Waals surface area contributed by atoms with Gasteiger partial charge in [0.25, 0.3) is 0 Å². The van der Waals surface area contributed by atoms with E-state index in [-0.39, 0.29) is 24.3 Å². The number of hydrogen-bond donors (Lipinski definition) is 2. The van der Waals surface area contributed by atoms with Crippen molar-refractivity contribution in [2.75, 3.05) is 26.2 Å². The lowest BCUT2D eigenvalue weighted by atomic mass is 9.85. The van der Waals surface area contributed by atoms with E-state index in [4.69, 9.17) is 1.37 Å². The van der Waals surface area contributed by atoms with Gasteiger partial charge in [0.1, 0.15) is 0 Å². The Morgan fingerprint density at radius 2 is 1.69 bits per heavy atom. The fourth-order valence-electron chi connectivity index (χ4n) is 4.56. The van der Waals surface area contributed by atoms with E-state index in [1.165, 1.54) is 5.56 Å². The number of rotatable bonds is 3. The predicted molar refractivity (Wildman–Crippen MR) is 101 cm³/mol. The molecule has 0 aromatic heterocycles. The van der Waals surface area contributed by atoms with E-state index < -0.39 is 0 Å². The number of amides is 2. The molecule has 140 valence electrons. The molecular formula is C21H29N3O2. The minimum atomic E-state index is -0.220. The van der Waals surface area contributed by atoms with Crippen molar-refractivity contribution >= 4 is 11.8 Å². The van der Waals surface area contributed by atoms with Crippen molar-refractivity contribution in [3.05, 3.63) is 35.4 Å². The van der Waals surface area contributed by atoms with Crippen LogP contribution in [-0.4, -0.2) is 48.9 Å². The highest BCUT2D eigenvalue weighted by atomic mass is 16.2. The summed E-state index contributed by atoms with van der Waals surface area (Å²) in [5, 5.41) is 5.84. The van der Waals surface area contributed by atoms with Gasteiger partial charge >= 0.3 is 0 Å². The molecule has 2 N–H and O–H groups in total. The Morgan fingerprint density at radius 1 is 0.962 bits per heavy atom. The third-order valence-corrected chi connectivity index (χ3v) is 6.19. The zero-order valence-corrected chi connectivity index (χ0v) is 15.2. The summed E-state index contributed by atoms with van der Waals surface area (Å²) in [6.45, 7) is 3.01. The van der Waals surface area contributed by atoms with Crippen molar-refractivity contribution in [3.8, 4) is 0 Å². The SMILES string of the molecule is [2H]C1CC(c2ccc(C3CCC(=O)NC3=O)cc2)CCN1C1CCNCC1. The molecule has 3 aliphatic rings. The van der Waals surface area contributed by atoms with Crippen LogP contribution in [0.2, 0.25) is 0 Å². The fraction of sp³-hybridized carbons (Fsp3) is 0.619. The maximum Gasteiger partial charge on any atom is 0.234 e. The molecule has 5 heteroatoms. The highest BCUT2D eigenvalue weighted by Crippen LogP contribution is 2.32. The standard InChI is InChI=1S/C21H29N3O2/c25-20-6-5-19(21(26)23-20)17-3-1-15(2-4-17)16-9-13-24(14-10-16)18-7-11-22-12-8-18/h1-4,16,18-19,22H,5-14H2,(H,23,25,26)/i13D. The molecule has 4 rings (SSSR count). The van der Waals surface area contributed by atoms with Crippen LogP contribution in [0.3, 0.4) is 0 Å². The molecule has 26 heavy (non-hydrogen) atoms. The molecule has 2 amide bonds. The largest absolute Gasteiger partial charge is 0.317 e. The van der Waals surface area contributed by atoms with Crippen LogP contribution in [0, 0.1) is 0 Å². The van der Waals surface area contributed by atoms with Crippen molar-refractivity contribution in [3.63, 3.8) is 0 Å². The smallest absolute Gasteiger partial charge is 0.234 e. The molecule has 3 fully saturated rings. The van der Waals surface area contributed by atoms with Gasteiger partial charge in [-0.25, -0.2) is 0 Å². The second-order valence-electron chi connectivity index (χ2n) is 7.79. The zero-order valence-electron chi connectivity index (χ0n) is 16.2. The van der Waals surface area contributed by atoms with Gasteiger partial charge in [-0.1, -0.05) is 24.3 Å². The van der Waals surface area contributed by atoms with Crippen LogP contribution in [0.1, 0.15) is 62.9 Å². The van der Waals surface area contributed by atoms with E-state index in [1.807, 2.05) is 12.1 Å². The van der Waals surface area contributed by atoms with Crippen LogP contribution in [-0.2, 0) is 9.59 Å². The molecule has 3 unspecified atom stereocenters. The predicted octanol–water partition coefficient (Wildman–Crippen LogP) is 2.14. The van der Waals surface area contributed by atoms with Crippen molar-refractivity contribution in [2.24, 2.45) is 0 Å². The van der Waals surface area contributed by atoms with E-state index in [2.05, 4.69) is 27.7 Å². The van der Waals surface area contributed by atoms with Gasteiger partial charge in [0, 0.05) is 13.8 Å². The minimum absolute atomic E-state index is 0.123. The number of hydrogen-bond acceptors (Lipinski definition) is 4. The molecule has 0 spiro atoms. The van der Waals surface area contributed by atoms with Crippen LogP contribution >= 0.6 is 0 Å². The zero-order chi connectivity index (χ0) is 18.8. The first-order chi connectivity index (χ1) is 13.1. The molecule has 0 saturated carbocycles. The van der Waals surface area contributed by atoms with Crippen molar-refractivity contribution < 1.29 is 11.0 Å². The molecule has 1 aromatic carbocycles. The number of imide groups is 1. The second kappa shape index (κ2) is 7.89. The molecule has 5 nitrogen and oxygen atoms in total. The Bertz CT molecular complexity index is 687. The van der Waals surface area contributed by atoms with Gasteiger partial charge in [0.15, 0.2) is 0 Å². The number of benzene rings is 1. The highest BCUT2D eigenvalue weighted by molar-refractivity contribution is 6.00. The van der Waals surface area contributed by atoms with Crippen molar-refractivity contribution in [2.45, 2.75) is 56.4 Å². The summed E-state index contributed by atoms with van der Waals surface area (Å²) in [6, 6.07) is 8.87. The molecule has 0 aliphatic carbocycles. The van der Waals surface area contributed by atoms with Crippen molar-refractivity contribution in [1.29, 1.82) is 0 Å². The Kier molecular flexibility index (Phi) is 4.99. The van der Waals surface area contributed by atoms with Gasteiger partial charge in [0.05, 0.1) is 5.92 Å². The van der Waals surface area contributed by atoms with Crippen LogP contribution in [0.25, 0.3) is 0 Å². The van der Waals surface area contributed by atoms with Crippen LogP contribution < -0.4 is 10.6 Å². The van der Waals surface area contributed by atoms with Gasteiger partial charge in [-0.3, -0.25) is 14.9 Å². The Morgan fingerprint density at radius 3 is 2.38 bits per heavy atom. The molecule has 3 heterocycles. The van der Waals surface area contributed by atoms with E-state index in [1.54, 1.807) is 0 Å². The molecule has 0 bridgehead atoms. The average molecular weight is 356 g/mol. The number of nitrogens with one attached hydrogen (secondary N) is 2. The molecule has 0 radical (unpaired) electrons. The van der Waals surface area contributed by atoms with Crippen molar-refractivity contribution in [1.82, 2.24) is 15.5 Å². The first-order valence-electron chi connectivity index (χ1n) is 10.5. The molecule has 3 saturated heterocycles. The van der Waals surface area contributed by atoms with E-state index in [0.29, 0.717) is 24.8 Å². The monoisotopic (exact) mass is 356 g/mol. The Balaban J connectivity index is 1.38. The number of piperidine rings is 3. The van der Waals surface area contributed by atoms with Gasteiger partial charge < -0.3 is 10.2 Å². The summed E-state index contributed by atoms with van der Waals surface area (Å²) in [4.78, 5) is 25.8. The van der Waals surface area contributed by atoms with Crippen LogP contribution in [0.4, 0.5) is 0 Å². The van der Waals surface area contributed by atoms with Gasteiger partial charge in [-0.05, 0) is 75.3 Å². The lowest BCUT2D eigenvalue weighted by Crippen LogP contribution is -2.46. The quantitative estimate of drug-likeness (QED) is 0.815. The summed E-state index contributed by atoms with van der Waals surface area (Å²) >= 11 is 0.